The Hall–Kier alpha value is -3.86. The van der Waals surface area contributed by atoms with Crippen LogP contribution in [0.1, 0.15) is 28.4 Å². The lowest BCUT2D eigenvalue weighted by molar-refractivity contribution is -0.138. The molecule has 4 rings (SSSR count). The molecule has 0 saturated carbocycles. The van der Waals surface area contributed by atoms with Crippen molar-refractivity contribution in [2.75, 3.05) is 6.61 Å². The molecular weight excluding hydrogens is 489 g/mol. The molecule has 0 aliphatic carbocycles. The van der Waals surface area contributed by atoms with E-state index in [0.29, 0.717) is 10.1 Å². The highest BCUT2D eigenvalue weighted by molar-refractivity contribution is 6.31. The predicted octanol–water partition coefficient (Wildman–Crippen LogP) is 3.78. The third-order valence-corrected chi connectivity index (χ3v) is 5.68. The van der Waals surface area contributed by atoms with Crippen LogP contribution in [0.2, 0.25) is 5.02 Å². The fourth-order valence-corrected chi connectivity index (χ4v) is 4.04. The van der Waals surface area contributed by atoms with Gasteiger partial charge in [0.05, 0.1) is 46.8 Å². The largest absolute Gasteiger partial charge is 0.462 e. The number of carbonyl (C=O) groups excluding carboxylic acids is 1. The van der Waals surface area contributed by atoms with Crippen molar-refractivity contribution in [1.82, 2.24) is 18.7 Å². The lowest BCUT2D eigenvalue weighted by Gasteiger charge is -2.17. The molecule has 0 fully saturated rings. The monoisotopic (exact) mass is 506 g/mol. The number of fused-ring (bicyclic) bond motifs is 1. The van der Waals surface area contributed by atoms with E-state index >= 15 is 0 Å². The van der Waals surface area contributed by atoms with E-state index in [9.17, 15) is 27.6 Å². The number of hydrogen-bond acceptors (Lipinski definition) is 5. The summed E-state index contributed by atoms with van der Waals surface area (Å²) in [7, 11) is 1.78. The number of esters is 1. The first-order valence-electron chi connectivity index (χ1n) is 10.3. The van der Waals surface area contributed by atoms with Crippen molar-refractivity contribution < 1.29 is 22.7 Å². The van der Waals surface area contributed by atoms with Gasteiger partial charge in [0.2, 0.25) is 0 Å². The minimum Gasteiger partial charge on any atom is -0.462 e. The van der Waals surface area contributed by atoms with E-state index in [1.54, 1.807) is 36.1 Å². The molecule has 182 valence electrons. The Bertz CT molecular complexity index is 1570. The van der Waals surface area contributed by atoms with Gasteiger partial charge in [0.25, 0.3) is 5.56 Å². The minimum absolute atomic E-state index is 0.0518. The summed E-state index contributed by atoms with van der Waals surface area (Å²) in [6.07, 6.45) is -2.25. The van der Waals surface area contributed by atoms with Crippen molar-refractivity contribution in [3.05, 3.63) is 91.5 Å². The molecule has 12 heteroatoms. The summed E-state index contributed by atoms with van der Waals surface area (Å²) < 4.78 is 49.3. The lowest BCUT2D eigenvalue weighted by atomic mass is 10.1. The molecule has 2 aromatic heterocycles. The molecule has 0 bridgehead atoms. The first-order valence-corrected chi connectivity index (χ1v) is 10.7. The van der Waals surface area contributed by atoms with Gasteiger partial charge < -0.3 is 9.30 Å². The number of aryl methyl sites for hydroxylation is 1. The maximum absolute atomic E-state index is 13.7. The zero-order chi connectivity index (χ0) is 25.5. The fraction of sp³-hybridized carbons (Fsp3) is 0.217. The van der Waals surface area contributed by atoms with Gasteiger partial charge >= 0.3 is 17.8 Å². The van der Waals surface area contributed by atoms with Crippen LogP contribution in [0.25, 0.3) is 16.7 Å². The van der Waals surface area contributed by atoms with Crippen LogP contribution >= 0.6 is 11.6 Å². The summed E-state index contributed by atoms with van der Waals surface area (Å²) >= 11 is 5.79. The fourth-order valence-electron chi connectivity index (χ4n) is 3.74. The van der Waals surface area contributed by atoms with E-state index in [2.05, 4.69) is 4.98 Å². The highest BCUT2D eigenvalue weighted by Crippen LogP contribution is 2.37. The van der Waals surface area contributed by atoms with Gasteiger partial charge in [-0.1, -0.05) is 23.7 Å². The quantitative estimate of drug-likeness (QED) is 0.384. The summed E-state index contributed by atoms with van der Waals surface area (Å²) in [4.78, 5) is 43.1. The first kappa shape index (κ1) is 24.3. The number of aromatic nitrogens is 4. The van der Waals surface area contributed by atoms with Crippen molar-refractivity contribution in [2.45, 2.75) is 19.6 Å². The number of rotatable bonds is 5. The maximum Gasteiger partial charge on any atom is 0.418 e. The molecular formula is C23H18ClF3N4O4. The van der Waals surface area contributed by atoms with Crippen LogP contribution in [0.5, 0.6) is 0 Å². The number of imidazole rings is 1. The normalized spacial score (nSPS) is 11.7. The Balaban J connectivity index is 1.96. The molecule has 0 atom stereocenters. The molecule has 0 radical (unpaired) electrons. The smallest absolute Gasteiger partial charge is 0.418 e. The third kappa shape index (κ3) is 4.46. The summed E-state index contributed by atoms with van der Waals surface area (Å²) in [5, 5.41) is -0.578. The average molecular weight is 507 g/mol. The molecule has 2 heterocycles. The Morgan fingerprint density at radius 1 is 1.17 bits per heavy atom. The van der Waals surface area contributed by atoms with E-state index in [-0.39, 0.29) is 12.3 Å². The topological polar surface area (TPSA) is 88.1 Å². The van der Waals surface area contributed by atoms with Crippen molar-refractivity contribution in [3.63, 3.8) is 0 Å². The van der Waals surface area contributed by atoms with Gasteiger partial charge in [-0.2, -0.15) is 13.2 Å². The number of ether oxygens (including phenoxy) is 1. The number of alkyl halides is 3. The van der Waals surface area contributed by atoms with Crippen LogP contribution < -0.4 is 11.2 Å². The Kier molecular flexibility index (Phi) is 6.28. The standard InChI is InChI=1S/C23H18ClF3N4O4/c1-3-35-21(33)15-11-30(14-7-8-18-17(9-14)28-12-29(18)2)22(34)31(20(15)32)10-13-5-4-6-16(24)19(13)23(25,26)27/h4-9,11-12H,3,10H2,1-2H3. The average Bonchev–Trinajstić information content (AvgIpc) is 3.16. The van der Waals surface area contributed by atoms with Crippen molar-refractivity contribution in [3.8, 4) is 5.69 Å². The van der Waals surface area contributed by atoms with Crippen LogP contribution in [0, 0.1) is 0 Å². The highest BCUT2D eigenvalue weighted by atomic mass is 35.5. The maximum atomic E-state index is 13.7. The summed E-state index contributed by atoms with van der Waals surface area (Å²) in [5.41, 5.74) is -2.59. The molecule has 0 aliphatic heterocycles. The molecule has 35 heavy (non-hydrogen) atoms. The zero-order valence-corrected chi connectivity index (χ0v) is 19.2. The number of halogens is 4. The van der Waals surface area contributed by atoms with Gasteiger partial charge in [0, 0.05) is 13.2 Å². The Morgan fingerprint density at radius 2 is 1.91 bits per heavy atom. The molecule has 0 amide bonds. The summed E-state index contributed by atoms with van der Waals surface area (Å²) in [6, 6.07) is 8.26. The number of hydrogen-bond donors (Lipinski definition) is 0. The van der Waals surface area contributed by atoms with E-state index in [0.717, 1.165) is 28.4 Å². The lowest BCUT2D eigenvalue weighted by Crippen LogP contribution is -2.42. The molecule has 0 spiro atoms. The number of nitrogens with zero attached hydrogens (tertiary/aromatic N) is 4. The van der Waals surface area contributed by atoms with Crippen molar-refractivity contribution in [2.24, 2.45) is 7.05 Å². The van der Waals surface area contributed by atoms with Crippen LogP contribution in [-0.4, -0.2) is 31.3 Å². The zero-order valence-electron chi connectivity index (χ0n) is 18.5. The SMILES string of the molecule is CCOC(=O)c1cn(-c2ccc3c(c2)ncn3C)c(=O)n(Cc2cccc(Cl)c2C(F)(F)F)c1=O. The summed E-state index contributed by atoms with van der Waals surface area (Å²) in [5.74, 6) is -1.01. The van der Waals surface area contributed by atoms with E-state index in [1.807, 2.05) is 0 Å². The Labute approximate surface area is 200 Å². The van der Waals surface area contributed by atoms with E-state index < -0.39 is 51.7 Å². The molecule has 0 aliphatic rings. The second kappa shape index (κ2) is 9.06. The van der Waals surface area contributed by atoms with Crippen LogP contribution in [0.15, 0.2) is 58.5 Å². The highest BCUT2D eigenvalue weighted by Gasteiger charge is 2.36. The molecule has 0 N–H and O–H groups in total. The van der Waals surface area contributed by atoms with Crippen molar-refractivity contribution >= 4 is 28.6 Å². The first-order chi connectivity index (χ1) is 16.5. The number of benzene rings is 2. The Morgan fingerprint density at radius 3 is 2.60 bits per heavy atom. The summed E-state index contributed by atoms with van der Waals surface area (Å²) in [6.45, 7) is 0.707. The van der Waals surface area contributed by atoms with Crippen LogP contribution in [-0.2, 0) is 24.5 Å². The van der Waals surface area contributed by atoms with Crippen LogP contribution in [0.4, 0.5) is 13.2 Å². The van der Waals surface area contributed by atoms with Crippen LogP contribution in [0.3, 0.4) is 0 Å². The molecule has 0 unspecified atom stereocenters. The van der Waals surface area contributed by atoms with Crippen molar-refractivity contribution in [1.29, 1.82) is 0 Å². The van der Waals surface area contributed by atoms with E-state index in [1.165, 1.54) is 13.0 Å². The second-order valence-electron chi connectivity index (χ2n) is 7.61. The van der Waals surface area contributed by atoms with Gasteiger partial charge in [0.15, 0.2) is 0 Å². The van der Waals surface area contributed by atoms with E-state index in [4.69, 9.17) is 16.3 Å². The molecule has 8 nitrogen and oxygen atoms in total. The third-order valence-electron chi connectivity index (χ3n) is 5.37. The molecule has 0 saturated heterocycles. The number of carbonyl (C=O) groups is 1. The van der Waals surface area contributed by atoms with Gasteiger partial charge in [-0.3, -0.25) is 13.9 Å². The van der Waals surface area contributed by atoms with Gasteiger partial charge in [-0.25, -0.2) is 14.6 Å². The molecule has 4 aromatic rings. The molecule has 2 aromatic carbocycles. The predicted molar refractivity (Wildman–Crippen MR) is 122 cm³/mol. The van der Waals surface area contributed by atoms with Gasteiger partial charge in [-0.15, -0.1) is 0 Å². The minimum atomic E-state index is -4.83. The van der Waals surface area contributed by atoms with Gasteiger partial charge in [-0.05, 0) is 36.8 Å². The van der Waals surface area contributed by atoms with Gasteiger partial charge in [0.1, 0.15) is 5.56 Å². The second-order valence-corrected chi connectivity index (χ2v) is 8.01.